The van der Waals surface area contributed by atoms with Crippen LogP contribution in [-0.2, 0) is 11.2 Å². The molecule has 0 spiro atoms. The van der Waals surface area contributed by atoms with Crippen LogP contribution in [-0.4, -0.2) is 50.1 Å². The van der Waals surface area contributed by atoms with E-state index in [1.807, 2.05) is 18.2 Å². The second-order valence-corrected chi connectivity index (χ2v) is 5.23. The van der Waals surface area contributed by atoms with Crippen LogP contribution in [0.4, 0.5) is 0 Å². The Kier molecular flexibility index (Phi) is 3.53. The number of nitrogens with zero attached hydrogens (tertiary/aromatic N) is 1. The molecule has 2 aliphatic rings. The van der Waals surface area contributed by atoms with E-state index in [9.17, 15) is 4.79 Å². The summed E-state index contributed by atoms with van der Waals surface area (Å²) in [5, 5.41) is 0. The van der Waals surface area contributed by atoms with Gasteiger partial charge in [-0.1, -0.05) is 0 Å². The molecule has 1 aromatic rings. The van der Waals surface area contributed by atoms with Crippen LogP contribution in [0.25, 0.3) is 0 Å². The molecule has 4 heteroatoms. The third-order valence-corrected chi connectivity index (χ3v) is 3.94. The topological polar surface area (TPSA) is 38.8 Å². The summed E-state index contributed by atoms with van der Waals surface area (Å²) < 4.78 is 10.8. The zero-order chi connectivity index (χ0) is 13.2. The SMILES string of the molecule is COC1CCN(CC(=O)c2ccc3c(c2)CCO3)C1. The van der Waals surface area contributed by atoms with E-state index in [1.54, 1.807) is 7.11 Å². The molecule has 1 fully saturated rings. The molecule has 2 aliphatic heterocycles. The van der Waals surface area contributed by atoms with Crippen molar-refractivity contribution in [2.24, 2.45) is 0 Å². The highest BCUT2D eigenvalue weighted by molar-refractivity contribution is 5.98. The number of methoxy groups -OCH3 is 1. The highest BCUT2D eigenvalue weighted by atomic mass is 16.5. The van der Waals surface area contributed by atoms with Gasteiger partial charge in [0.15, 0.2) is 5.78 Å². The molecule has 0 bridgehead atoms. The van der Waals surface area contributed by atoms with Gasteiger partial charge in [-0.15, -0.1) is 0 Å². The fourth-order valence-corrected chi connectivity index (χ4v) is 2.79. The number of likely N-dealkylation sites (tertiary alicyclic amines) is 1. The van der Waals surface area contributed by atoms with Gasteiger partial charge in [-0.3, -0.25) is 9.69 Å². The molecule has 2 heterocycles. The van der Waals surface area contributed by atoms with Crippen molar-refractivity contribution in [3.8, 4) is 5.75 Å². The highest BCUT2D eigenvalue weighted by Crippen LogP contribution is 2.26. The van der Waals surface area contributed by atoms with Crippen LogP contribution in [0, 0.1) is 0 Å². The third kappa shape index (κ3) is 2.65. The van der Waals surface area contributed by atoms with Gasteiger partial charge in [0.2, 0.25) is 0 Å². The first-order chi connectivity index (χ1) is 9.26. The van der Waals surface area contributed by atoms with Gasteiger partial charge < -0.3 is 9.47 Å². The number of fused-ring (bicyclic) bond motifs is 1. The second-order valence-electron chi connectivity index (χ2n) is 5.23. The summed E-state index contributed by atoms with van der Waals surface area (Å²) in [4.78, 5) is 14.4. The Bertz CT molecular complexity index is 486. The number of rotatable bonds is 4. The van der Waals surface area contributed by atoms with Crippen LogP contribution < -0.4 is 4.74 Å². The maximum absolute atomic E-state index is 12.3. The Balaban J connectivity index is 1.64. The van der Waals surface area contributed by atoms with Crippen LogP contribution in [0.2, 0.25) is 0 Å². The number of carbonyl (C=O) groups is 1. The molecule has 0 saturated carbocycles. The largest absolute Gasteiger partial charge is 0.493 e. The van der Waals surface area contributed by atoms with Crippen LogP contribution in [0.5, 0.6) is 5.75 Å². The van der Waals surface area contributed by atoms with E-state index in [4.69, 9.17) is 9.47 Å². The van der Waals surface area contributed by atoms with Crippen molar-refractivity contribution in [1.29, 1.82) is 0 Å². The summed E-state index contributed by atoms with van der Waals surface area (Å²) in [6.07, 6.45) is 2.20. The maximum atomic E-state index is 12.3. The van der Waals surface area contributed by atoms with Gasteiger partial charge in [-0.25, -0.2) is 0 Å². The number of ether oxygens (including phenoxy) is 2. The lowest BCUT2D eigenvalue weighted by Gasteiger charge is -2.14. The molecule has 3 rings (SSSR count). The molecule has 1 saturated heterocycles. The van der Waals surface area contributed by atoms with E-state index >= 15 is 0 Å². The zero-order valence-electron chi connectivity index (χ0n) is 11.2. The molecule has 1 unspecified atom stereocenters. The smallest absolute Gasteiger partial charge is 0.176 e. The highest BCUT2D eigenvalue weighted by Gasteiger charge is 2.24. The van der Waals surface area contributed by atoms with Gasteiger partial charge in [-0.2, -0.15) is 0 Å². The summed E-state index contributed by atoms with van der Waals surface area (Å²) in [5.41, 5.74) is 1.95. The molecule has 0 radical (unpaired) electrons. The monoisotopic (exact) mass is 261 g/mol. The second kappa shape index (κ2) is 5.31. The zero-order valence-corrected chi connectivity index (χ0v) is 11.2. The number of ketones is 1. The minimum absolute atomic E-state index is 0.187. The molecule has 19 heavy (non-hydrogen) atoms. The maximum Gasteiger partial charge on any atom is 0.176 e. The molecule has 4 nitrogen and oxygen atoms in total. The summed E-state index contributed by atoms with van der Waals surface area (Å²) in [7, 11) is 1.73. The van der Waals surface area contributed by atoms with Gasteiger partial charge in [-0.05, 0) is 30.2 Å². The summed E-state index contributed by atoms with van der Waals surface area (Å²) in [5.74, 6) is 1.11. The molecule has 0 N–H and O–H groups in total. The van der Waals surface area contributed by atoms with Gasteiger partial charge in [0.1, 0.15) is 5.75 Å². The first-order valence-electron chi connectivity index (χ1n) is 6.80. The third-order valence-electron chi connectivity index (χ3n) is 3.94. The Labute approximate surface area is 113 Å². The number of hydrogen-bond donors (Lipinski definition) is 0. The minimum atomic E-state index is 0.187. The quantitative estimate of drug-likeness (QED) is 0.770. The van der Waals surface area contributed by atoms with E-state index in [0.29, 0.717) is 6.54 Å². The molecule has 0 amide bonds. The average Bonchev–Trinajstić information content (AvgIpc) is 3.05. The number of Topliss-reactive ketones (excluding diaryl/α,β-unsaturated/α-hetero) is 1. The molecular formula is C15H19NO3. The van der Waals surface area contributed by atoms with Crippen molar-refractivity contribution in [3.05, 3.63) is 29.3 Å². The lowest BCUT2D eigenvalue weighted by atomic mass is 10.1. The normalized spacial score (nSPS) is 22.3. The summed E-state index contributed by atoms with van der Waals surface area (Å²) in [6.45, 7) is 3.02. The fraction of sp³-hybridized carbons (Fsp3) is 0.533. The van der Waals surface area contributed by atoms with Crippen molar-refractivity contribution >= 4 is 5.78 Å². The Hall–Kier alpha value is -1.39. The molecule has 0 aliphatic carbocycles. The van der Waals surface area contributed by atoms with Gasteiger partial charge in [0.25, 0.3) is 0 Å². The lowest BCUT2D eigenvalue weighted by Crippen LogP contribution is -2.29. The number of carbonyl (C=O) groups excluding carboxylic acids is 1. The summed E-state index contributed by atoms with van der Waals surface area (Å²) >= 11 is 0. The minimum Gasteiger partial charge on any atom is -0.493 e. The van der Waals surface area contributed by atoms with E-state index in [1.165, 1.54) is 0 Å². The number of benzene rings is 1. The van der Waals surface area contributed by atoms with Crippen molar-refractivity contribution in [3.63, 3.8) is 0 Å². The molecule has 102 valence electrons. The van der Waals surface area contributed by atoms with E-state index in [2.05, 4.69) is 4.90 Å². The predicted octanol–water partition coefficient (Wildman–Crippen LogP) is 1.52. The van der Waals surface area contributed by atoms with Gasteiger partial charge >= 0.3 is 0 Å². The van der Waals surface area contributed by atoms with E-state index in [-0.39, 0.29) is 11.9 Å². The van der Waals surface area contributed by atoms with Gasteiger partial charge in [0.05, 0.1) is 19.3 Å². The van der Waals surface area contributed by atoms with Crippen LogP contribution >= 0.6 is 0 Å². The van der Waals surface area contributed by atoms with Crippen molar-refractivity contribution in [1.82, 2.24) is 4.90 Å². The number of hydrogen-bond acceptors (Lipinski definition) is 4. The van der Waals surface area contributed by atoms with E-state index in [0.717, 1.165) is 49.4 Å². The van der Waals surface area contributed by atoms with Crippen LogP contribution in [0.3, 0.4) is 0 Å². The van der Waals surface area contributed by atoms with Crippen LogP contribution in [0.15, 0.2) is 18.2 Å². The van der Waals surface area contributed by atoms with Gasteiger partial charge in [0, 0.05) is 32.2 Å². The molecule has 1 atom stereocenters. The fourth-order valence-electron chi connectivity index (χ4n) is 2.79. The van der Waals surface area contributed by atoms with E-state index < -0.39 is 0 Å². The van der Waals surface area contributed by atoms with Crippen molar-refractivity contribution in [2.75, 3.05) is 33.4 Å². The molecule has 1 aromatic carbocycles. The molecule has 0 aromatic heterocycles. The van der Waals surface area contributed by atoms with Crippen molar-refractivity contribution < 1.29 is 14.3 Å². The first-order valence-corrected chi connectivity index (χ1v) is 6.80. The molecular weight excluding hydrogens is 242 g/mol. The van der Waals surface area contributed by atoms with Crippen LogP contribution in [0.1, 0.15) is 22.3 Å². The standard InChI is InChI=1S/C15H19NO3/c1-18-13-4-6-16(9-13)10-14(17)11-2-3-15-12(8-11)5-7-19-15/h2-3,8,13H,4-7,9-10H2,1H3. The van der Waals surface area contributed by atoms with Crippen molar-refractivity contribution in [2.45, 2.75) is 18.9 Å². The Morgan fingerprint density at radius 2 is 2.42 bits per heavy atom. The lowest BCUT2D eigenvalue weighted by molar-refractivity contribution is 0.0899. The summed E-state index contributed by atoms with van der Waals surface area (Å²) in [6, 6.07) is 5.77. The average molecular weight is 261 g/mol. The Morgan fingerprint density at radius 3 is 3.21 bits per heavy atom. The first kappa shape index (κ1) is 12.6. The Morgan fingerprint density at radius 1 is 1.53 bits per heavy atom. The predicted molar refractivity (Wildman–Crippen MR) is 71.8 cm³/mol.